The summed E-state index contributed by atoms with van der Waals surface area (Å²) in [6.07, 6.45) is -4.44. The number of carbonyl (C=O) groups excluding carboxylic acids is 1. The van der Waals surface area contributed by atoms with Crippen molar-refractivity contribution in [3.05, 3.63) is 94.2 Å². The van der Waals surface area contributed by atoms with Crippen LogP contribution in [-0.4, -0.2) is 41.9 Å². The molecular formula is C30H34F4N2O2. The van der Waals surface area contributed by atoms with Crippen LogP contribution in [0.4, 0.5) is 17.6 Å². The van der Waals surface area contributed by atoms with Crippen LogP contribution in [0.1, 0.15) is 58.3 Å². The Morgan fingerprint density at radius 2 is 1.79 bits per heavy atom. The average Bonchev–Trinajstić information content (AvgIpc) is 3.39. The van der Waals surface area contributed by atoms with E-state index >= 15 is 0 Å². The number of likely N-dealkylation sites (tertiary alicyclic amines) is 1. The van der Waals surface area contributed by atoms with E-state index in [9.17, 15) is 22.4 Å². The summed E-state index contributed by atoms with van der Waals surface area (Å²) < 4.78 is 59.9. The fourth-order valence-corrected chi connectivity index (χ4v) is 5.29. The van der Waals surface area contributed by atoms with Gasteiger partial charge in [0.2, 0.25) is 0 Å². The quantitative estimate of drug-likeness (QED) is 0.292. The van der Waals surface area contributed by atoms with Gasteiger partial charge in [0.1, 0.15) is 17.3 Å². The van der Waals surface area contributed by atoms with Gasteiger partial charge in [-0.1, -0.05) is 32.0 Å². The molecule has 2 aromatic carbocycles. The maximum absolute atomic E-state index is 13.5. The molecule has 4 nitrogen and oxygen atoms in total. The fraction of sp³-hybridized carbons (Fsp3) is 0.433. The summed E-state index contributed by atoms with van der Waals surface area (Å²) in [5.74, 6) is 0.901. The van der Waals surface area contributed by atoms with Crippen molar-refractivity contribution in [2.45, 2.75) is 46.3 Å². The Balaban J connectivity index is 1.63. The van der Waals surface area contributed by atoms with Crippen molar-refractivity contribution in [3.63, 3.8) is 0 Å². The lowest BCUT2D eigenvalue weighted by Gasteiger charge is -2.30. The third kappa shape index (κ3) is 6.65. The lowest BCUT2D eigenvalue weighted by molar-refractivity contribution is -0.137. The molecule has 0 N–H and O–H groups in total. The monoisotopic (exact) mass is 530 g/mol. The van der Waals surface area contributed by atoms with Gasteiger partial charge in [-0.05, 0) is 73.2 Å². The predicted molar refractivity (Wildman–Crippen MR) is 138 cm³/mol. The highest BCUT2D eigenvalue weighted by Gasteiger charge is 2.38. The van der Waals surface area contributed by atoms with Crippen LogP contribution >= 0.6 is 0 Å². The van der Waals surface area contributed by atoms with Gasteiger partial charge < -0.3 is 9.32 Å². The van der Waals surface area contributed by atoms with Gasteiger partial charge >= 0.3 is 6.18 Å². The maximum atomic E-state index is 13.5. The van der Waals surface area contributed by atoms with Crippen molar-refractivity contribution in [2.75, 3.05) is 26.2 Å². The Kier molecular flexibility index (Phi) is 8.31. The van der Waals surface area contributed by atoms with Crippen molar-refractivity contribution < 1.29 is 26.8 Å². The number of carbonyl (C=O) groups is 1. The van der Waals surface area contributed by atoms with Crippen LogP contribution in [0.25, 0.3) is 0 Å². The minimum atomic E-state index is -4.44. The summed E-state index contributed by atoms with van der Waals surface area (Å²) in [5, 5.41) is 0. The average molecular weight is 531 g/mol. The number of halogens is 4. The minimum Gasteiger partial charge on any atom is -0.465 e. The molecule has 0 radical (unpaired) electrons. The molecule has 0 aliphatic carbocycles. The second-order valence-electron chi connectivity index (χ2n) is 10.7. The van der Waals surface area contributed by atoms with Gasteiger partial charge in [0.15, 0.2) is 0 Å². The first-order valence-electron chi connectivity index (χ1n) is 12.9. The summed E-state index contributed by atoms with van der Waals surface area (Å²) in [7, 11) is 0. The highest BCUT2D eigenvalue weighted by atomic mass is 19.4. The van der Waals surface area contributed by atoms with E-state index in [1.807, 2.05) is 33.8 Å². The van der Waals surface area contributed by atoms with Crippen molar-refractivity contribution in [1.82, 2.24) is 9.80 Å². The molecule has 0 unspecified atom stereocenters. The number of rotatable bonds is 8. The van der Waals surface area contributed by atoms with E-state index < -0.39 is 17.6 Å². The first kappa shape index (κ1) is 27.9. The molecule has 0 bridgehead atoms. The Labute approximate surface area is 221 Å². The molecule has 2 atom stereocenters. The number of benzene rings is 2. The predicted octanol–water partition coefficient (Wildman–Crippen LogP) is 7.07. The molecule has 1 aliphatic heterocycles. The van der Waals surface area contributed by atoms with Crippen molar-refractivity contribution >= 4 is 5.91 Å². The van der Waals surface area contributed by atoms with Crippen molar-refractivity contribution in [3.8, 4) is 0 Å². The Morgan fingerprint density at radius 3 is 2.39 bits per heavy atom. The third-order valence-electron chi connectivity index (χ3n) is 7.17. The molecule has 8 heteroatoms. The summed E-state index contributed by atoms with van der Waals surface area (Å²) in [4.78, 5) is 17.4. The summed E-state index contributed by atoms with van der Waals surface area (Å²) in [6.45, 7) is 10.5. The van der Waals surface area contributed by atoms with E-state index in [2.05, 4.69) is 4.90 Å². The molecule has 1 saturated heterocycles. The smallest absolute Gasteiger partial charge is 0.416 e. The standard InChI is InChI=1S/C30H34F4N2O2/c1-19(2)14-36(29(37)22-8-10-26(31)11-9-22)16-24-15-35(17-27-12-20(3)21(4)38-27)18-28(24)23-6-5-7-25(13-23)30(32,33)34/h5-13,19,24,28H,14-18H2,1-4H3/t24-,28+/m1/s1. The zero-order valence-corrected chi connectivity index (χ0v) is 22.2. The zero-order valence-electron chi connectivity index (χ0n) is 22.2. The molecule has 0 spiro atoms. The summed E-state index contributed by atoms with van der Waals surface area (Å²) in [5.41, 5.74) is 1.38. The summed E-state index contributed by atoms with van der Waals surface area (Å²) >= 11 is 0. The number of alkyl halides is 3. The Hall–Kier alpha value is -3.13. The lowest BCUT2D eigenvalue weighted by atomic mass is 9.87. The number of nitrogens with zero attached hydrogens (tertiary/aromatic N) is 2. The topological polar surface area (TPSA) is 36.7 Å². The summed E-state index contributed by atoms with van der Waals surface area (Å²) in [6, 6.07) is 13.0. The fourth-order valence-electron chi connectivity index (χ4n) is 5.29. The minimum absolute atomic E-state index is 0.0983. The van der Waals surface area contributed by atoms with E-state index in [0.29, 0.717) is 43.9 Å². The normalized spacial score (nSPS) is 18.3. The Bertz CT molecular complexity index is 1230. The highest BCUT2D eigenvalue weighted by molar-refractivity contribution is 5.94. The van der Waals surface area contributed by atoms with Crippen LogP contribution in [-0.2, 0) is 12.7 Å². The maximum Gasteiger partial charge on any atom is 0.416 e. The number of furan rings is 1. The number of hydrogen-bond acceptors (Lipinski definition) is 3. The zero-order chi connectivity index (χ0) is 27.6. The molecule has 38 heavy (non-hydrogen) atoms. The number of amides is 1. The van der Waals surface area contributed by atoms with Gasteiger partial charge in [-0.3, -0.25) is 9.69 Å². The molecule has 1 aromatic heterocycles. The molecule has 3 aromatic rings. The van der Waals surface area contributed by atoms with Crippen LogP contribution < -0.4 is 0 Å². The Morgan fingerprint density at radius 1 is 1.08 bits per heavy atom. The van der Waals surface area contributed by atoms with Crippen molar-refractivity contribution in [1.29, 1.82) is 0 Å². The van der Waals surface area contributed by atoms with E-state index in [0.717, 1.165) is 23.2 Å². The van der Waals surface area contributed by atoms with Gasteiger partial charge in [-0.2, -0.15) is 13.2 Å². The third-order valence-corrected chi connectivity index (χ3v) is 7.17. The van der Waals surface area contributed by atoms with E-state index in [-0.39, 0.29) is 23.7 Å². The molecule has 0 saturated carbocycles. The van der Waals surface area contributed by atoms with Gasteiger partial charge in [0.05, 0.1) is 12.1 Å². The molecule has 204 valence electrons. The lowest BCUT2D eigenvalue weighted by Crippen LogP contribution is -2.39. The van der Waals surface area contributed by atoms with Gasteiger partial charge in [0, 0.05) is 37.7 Å². The second kappa shape index (κ2) is 11.3. The number of hydrogen-bond donors (Lipinski definition) is 0. The molecular weight excluding hydrogens is 496 g/mol. The van der Waals surface area contributed by atoms with E-state index in [1.165, 1.54) is 36.4 Å². The molecule has 2 heterocycles. The molecule has 4 rings (SSSR count). The van der Waals surface area contributed by atoms with E-state index in [1.54, 1.807) is 11.0 Å². The largest absolute Gasteiger partial charge is 0.465 e. The van der Waals surface area contributed by atoms with Crippen molar-refractivity contribution in [2.24, 2.45) is 11.8 Å². The highest BCUT2D eigenvalue weighted by Crippen LogP contribution is 2.38. The first-order chi connectivity index (χ1) is 17.9. The molecule has 1 fully saturated rings. The van der Waals surface area contributed by atoms with Crippen LogP contribution in [0.3, 0.4) is 0 Å². The SMILES string of the molecule is Cc1cc(CN2C[C@H](CN(CC(C)C)C(=O)c3ccc(F)cc3)[C@H](c3cccc(C(F)(F)F)c3)C2)oc1C. The van der Waals surface area contributed by atoms with E-state index in [4.69, 9.17) is 4.42 Å². The first-order valence-corrected chi connectivity index (χ1v) is 12.9. The number of aryl methyl sites for hydroxylation is 2. The van der Waals surface area contributed by atoms with Crippen LogP contribution in [0.2, 0.25) is 0 Å². The van der Waals surface area contributed by atoms with Crippen LogP contribution in [0.15, 0.2) is 59.0 Å². The molecule has 1 amide bonds. The van der Waals surface area contributed by atoms with Crippen LogP contribution in [0, 0.1) is 31.5 Å². The van der Waals surface area contributed by atoms with Gasteiger partial charge in [-0.15, -0.1) is 0 Å². The van der Waals surface area contributed by atoms with Gasteiger partial charge in [0.25, 0.3) is 5.91 Å². The second-order valence-corrected chi connectivity index (χ2v) is 10.7. The molecule has 1 aliphatic rings. The van der Waals surface area contributed by atoms with Crippen LogP contribution in [0.5, 0.6) is 0 Å². The van der Waals surface area contributed by atoms with Gasteiger partial charge in [-0.25, -0.2) is 4.39 Å².